The van der Waals surface area contributed by atoms with Gasteiger partial charge in [0.1, 0.15) is 11.5 Å². The molecule has 6 nitrogen and oxygen atoms in total. The second-order valence-corrected chi connectivity index (χ2v) is 7.15. The lowest BCUT2D eigenvalue weighted by atomic mass is 10.1. The molecule has 3 aromatic rings. The summed E-state index contributed by atoms with van der Waals surface area (Å²) in [4.78, 5) is 25.1. The molecule has 0 bridgehead atoms. The average Bonchev–Trinajstić information content (AvgIpc) is 3.07. The summed E-state index contributed by atoms with van der Waals surface area (Å²) in [5.74, 6) is 0.395. The predicted octanol–water partition coefficient (Wildman–Crippen LogP) is 4.69. The Bertz CT molecular complexity index is 1040. The van der Waals surface area contributed by atoms with Gasteiger partial charge in [0.25, 0.3) is 0 Å². The largest absolute Gasteiger partial charge is 0.494 e. The van der Waals surface area contributed by atoms with Crippen molar-refractivity contribution in [3.63, 3.8) is 0 Å². The molecule has 31 heavy (non-hydrogen) atoms. The van der Waals surface area contributed by atoms with E-state index in [-0.39, 0.29) is 12.4 Å². The van der Waals surface area contributed by atoms with Crippen LogP contribution in [0.4, 0.5) is 0 Å². The molecule has 1 aromatic heterocycles. The third kappa shape index (κ3) is 5.34. The summed E-state index contributed by atoms with van der Waals surface area (Å²) in [5.41, 5.74) is 3.26. The fraction of sp³-hybridized carbons (Fsp3) is 0.280. The van der Waals surface area contributed by atoms with Gasteiger partial charge in [-0.3, -0.25) is 4.79 Å². The summed E-state index contributed by atoms with van der Waals surface area (Å²) in [6.07, 6.45) is -0.916. The first-order valence-corrected chi connectivity index (χ1v) is 10.2. The summed E-state index contributed by atoms with van der Waals surface area (Å²) >= 11 is 0. The number of aryl methyl sites for hydroxylation is 1. The van der Waals surface area contributed by atoms with E-state index in [1.807, 2.05) is 61.7 Å². The van der Waals surface area contributed by atoms with E-state index in [0.29, 0.717) is 17.9 Å². The molecule has 0 aliphatic carbocycles. The van der Waals surface area contributed by atoms with Gasteiger partial charge in [-0.2, -0.15) is 0 Å². The third-order valence-corrected chi connectivity index (χ3v) is 4.88. The zero-order valence-corrected chi connectivity index (χ0v) is 18.3. The van der Waals surface area contributed by atoms with Crippen LogP contribution in [0, 0.1) is 13.8 Å². The molecule has 0 aliphatic rings. The molecule has 0 aliphatic heterocycles. The van der Waals surface area contributed by atoms with Crippen LogP contribution >= 0.6 is 0 Å². The Kier molecular flexibility index (Phi) is 7.13. The maximum atomic E-state index is 12.9. The van der Waals surface area contributed by atoms with Gasteiger partial charge in [-0.15, -0.1) is 0 Å². The Morgan fingerprint density at radius 3 is 2.16 bits per heavy atom. The molecule has 6 heteroatoms. The molecule has 162 valence electrons. The molecule has 0 spiro atoms. The van der Waals surface area contributed by atoms with Crippen LogP contribution in [0.3, 0.4) is 0 Å². The van der Waals surface area contributed by atoms with Crippen molar-refractivity contribution < 1.29 is 23.8 Å². The molecule has 2 aromatic carbocycles. The summed E-state index contributed by atoms with van der Waals surface area (Å²) in [6.45, 7) is 7.60. The van der Waals surface area contributed by atoms with Crippen molar-refractivity contribution in [1.29, 1.82) is 0 Å². The van der Waals surface area contributed by atoms with Gasteiger partial charge in [-0.1, -0.05) is 18.2 Å². The number of carbonyl (C=O) groups excluding carboxylic acids is 2. The van der Waals surface area contributed by atoms with Crippen LogP contribution < -0.4 is 9.47 Å². The molecular weight excluding hydrogens is 394 g/mol. The molecule has 0 amide bonds. The summed E-state index contributed by atoms with van der Waals surface area (Å²) in [7, 11) is 0. The van der Waals surface area contributed by atoms with Crippen molar-refractivity contribution in [2.45, 2.75) is 33.8 Å². The lowest BCUT2D eigenvalue weighted by Crippen LogP contribution is -2.27. The molecule has 0 unspecified atom stereocenters. The maximum absolute atomic E-state index is 12.9. The zero-order valence-electron chi connectivity index (χ0n) is 18.3. The lowest BCUT2D eigenvalue weighted by molar-refractivity contribution is -0.148. The first kappa shape index (κ1) is 22.2. The van der Waals surface area contributed by atoms with Crippen molar-refractivity contribution in [3.8, 4) is 17.2 Å². The topological polar surface area (TPSA) is 66.8 Å². The minimum Gasteiger partial charge on any atom is -0.494 e. The Morgan fingerprint density at radius 2 is 1.55 bits per heavy atom. The van der Waals surface area contributed by atoms with Crippen molar-refractivity contribution in [2.75, 3.05) is 13.2 Å². The Hall–Kier alpha value is -3.54. The van der Waals surface area contributed by atoms with E-state index in [9.17, 15) is 9.59 Å². The van der Waals surface area contributed by atoms with Crippen molar-refractivity contribution in [3.05, 3.63) is 77.6 Å². The van der Waals surface area contributed by atoms with Gasteiger partial charge in [0.15, 0.2) is 12.7 Å². The second-order valence-electron chi connectivity index (χ2n) is 7.15. The Balaban J connectivity index is 1.61. The summed E-state index contributed by atoms with van der Waals surface area (Å²) in [6, 6.07) is 18.6. The molecule has 0 fully saturated rings. The van der Waals surface area contributed by atoms with Crippen LogP contribution in [0.5, 0.6) is 11.5 Å². The van der Waals surface area contributed by atoms with Crippen molar-refractivity contribution in [1.82, 2.24) is 4.57 Å². The average molecular weight is 421 g/mol. The number of esters is 1. The number of nitrogens with zero attached hydrogens (tertiary/aromatic N) is 1. The van der Waals surface area contributed by atoms with E-state index >= 15 is 0 Å². The quantitative estimate of drug-likeness (QED) is 0.371. The molecule has 0 radical (unpaired) electrons. The number of ether oxygens (including phenoxy) is 3. The van der Waals surface area contributed by atoms with Crippen LogP contribution in [0.25, 0.3) is 5.69 Å². The normalized spacial score (nSPS) is 11.6. The number of aromatic nitrogens is 1. The number of rotatable bonds is 9. The molecule has 1 heterocycles. The number of carbonyl (C=O) groups is 2. The fourth-order valence-electron chi connectivity index (χ4n) is 3.43. The van der Waals surface area contributed by atoms with E-state index in [1.165, 1.54) is 0 Å². The highest BCUT2D eigenvalue weighted by Gasteiger charge is 2.24. The number of hydrogen-bond acceptors (Lipinski definition) is 5. The van der Waals surface area contributed by atoms with E-state index in [4.69, 9.17) is 14.2 Å². The zero-order chi connectivity index (χ0) is 22.4. The number of ketones is 1. The highest BCUT2D eigenvalue weighted by Crippen LogP contribution is 2.22. The van der Waals surface area contributed by atoms with Gasteiger partial charge in [0.2, 0.25) is 5.78 Å². The Labute approximate surface area is 182 Å². The van der Waals surface area contributed by atoms with Gasteiger partial charge in [0, 0.05) is 22.6 Å². The Morgan fingerprint density at radius 1 is 0.935 bits per heavy atom. The molecule has 0 saturated heterocycles. The number of para-hydroxylation sites is 1. The number of benzene rings is 2. The van der Waals surface area contributed by atoms with Gasteiger partial charge in [-0.25, -0.2) is 4.79 Å². The molecule has 3 rings (SSSR count). The number of hydrogen-bond donors (Lipinski definition) is 0. The van der Waals surface area contributed by atoms with Gasteiger partial charge in [-0.05, 0) is 70.2 Å². The van der Waals surface area contributed by atoms with Crippen molar-refractivity contribution >= 4 is 11.8 Å². The highest BCUT2D eigenvalue weighted by atomic mass is 16.6. The maximum Gasteiger partial charge on any atom is 0.344 e. The monoisotopic (exact) mass is 421 g/mol. The van der Waals surface area contributed by atoms with Gasteiger partial charge >= 0.3 is 5.97 Å². The van der Waals surface area contributed by atoms with Crippen LogP contribution in [0.1, 0.15) is 35.6 Å². The summed E-state index contributed by atoms with van der Waals surface area (Å²) in [5, 5.41) is 0. The van der Waals surface area contributed by atoms with E-state index in [1.54, 1.807) is 31.2 Å². The van der Waals surface area contributed by atoms with Crippen LogP contribution in [0.15, 0.2) is 60.7 Å². The van der Waals surface area contributed by atoms with Crippen LogP contribution in [-0.4, -0.2) is 35.6 Å². The second kappa shape index (κ2) is 9.98. The number of Topliss-reactive ketones (excluding diaryl/α,β-unsaturated/α-hetero) is 1. The van der Waals surface area contributed by atoms with E-state index in [0.717, 1.165) is 22.8 Å². The molecule has 0 saturated carbocycles. The fourth-order valence-corrected chi connectivity index (χ4v) is 3.43. The molecule has 0 N–H and O–H groups in total. The summed E-state index contributed by atoms with van der Waals surface area (Å²) < 4.78 is 18.1. The predicted molar refractivity (Wildman–Crippen MR) is 118 cm³/mol. The SMILES string of the molecule is CCOc1ccc(OCC(=O)O[C@@H](C)C(=O)c2cc(C)n(-c3ccccc3)c2C)cc1. The van der Waals surface area contributed by atoms with Gasteiger partial charge in [0.05, 0.1) is 6.61 Å². The third-order valence-electron chi connectivity index (χ3n) is 4.88. The van der Waals surface area contributed by atoms with E-state index in [2.05, 4.69) is 0 Å². The minimum atomic E-state index is -0.916. The highest BCUT2D eigenvalue weighted by molar-refractivity contribution is 6.01. The molecular formula is C25H27NO5. The minimum absolute atomic E-state index is 0.246. The van der Waals surface area contributed by atoms with Crippen LogP contribution in [0.2, 0.25) is 0 Å². The van der Waals surface area contributed by atoms with Crippen molar-refractivity contribution in [2.24, 2.45) is 0 Å². The first-order chi connectivity index (χ1) is 14.9. The standard InChI is InChI=1S/C25H27NO5/c1-5-29-21-11-13-22(14-12-21)30-16-24(27)31-19(4)25(28)23-15-17(2)26(18(23)3)20-9-7-6-8-10-20/h6-15,19H,5,16H2,1-4H3/t19-/m0/s1. The van der Waals surface area contributed by atoms with Crippen LogP contribution in [-0.2, 0) is 9.53 Å². The van der Waals surface area contributed by atoms with E-state index < -0.39 is 12.1 Å². The first-order valence-electron chi connectivity index (χ1n) is 10.2. The van der Waals surface area contributed by atoms with Gasteiger partial charge < -0.3 is 18.8 Å². The smallest absolute Gasteiger partial charge is 0.344 e. The lowest BCUT2D eigenvalue weighted by Gasteiger charge is -2.14. The molecule has 1 atom stereocenters.